The number of nitrogens with zero attached hydrogens (tertiary/aromatic N) is 1. The van der Waals surface area contributed by atoms with Crippen molar-refractivity contribution in [1.29, 1.82) is 0 Å². The molecule has 0 radical (unpaired) electrons. The summed E-state index contributed by atoms with van der Waals surface area (Å²) in [7, 11) is 0. The van der Waals surface area contributed by atoms with Crippen LogP contribution in [-0.2, 0) is 0 Å². The molecule has 1 aromatic heterocycles. The number of halogens is 1. The maximum absolute atomic E-state index is 6.10. The normalized spacial score (nSPS) is 10.1. The molecule has 0 amide bonds. The van der Waals surface area contributed by atoms with Crippen molar-refractivity contribution in [3.63, 3.8) is 0 Å². The van der Waals surface area contributed by atoms with Crippen LogP contribution in [0.2, 0.25) is 5.02 Å². The van der Waals surface area contributed by atoms with Crippen molar-refractivity contribution in [1.82, 2.24) is 4.98 Å². The van der Waals surface area contributed by atoms with E-state index in [2.05, 4.69) is 15.7 Å². The lowest BCUT2D eigenvalue weighted by atomic mass is 10.2. The molecule has 0 aliphatic rings. The molecule has 1 heterocycles. The van der Waals surface area contributed by atoms with Crippen LogP contribution < -0.4 is 16.6 Å². The molecule has 0 saturated carbocycles. The lowest BCUT2D eigenvalue weighted by molar-refractivity contribution is 1.23. The van der Waals surface area contributed by atoms with Crippen molar-refractivity contribution in [2.24, 2.45) is 5.84 Å². The third-order valence-electron chi connectivity index (χ3n) is 2.31. The Morgan fingerprint density at radius 2 is 2.06 bits per heavy atom. The number of nitrogen functional groups attached to an aromatic ring is 1. The molecule has 17 heavy (non-hydrogen) atoms. The summed E-state index contributed by atoms with van der Waals surface area (Å²) < 4.78 is 0. The molecule has 2 rings (SSSR count). The number of rotatable bonds is 3. The smallest absolute Gasteiger partial charge is 0.141 e. The van der Waals surface area contributed by atoms with Gasteiger partial charge in [-0.1, -0.05) is 17.7 Å². The summed E-state index contributed by atoms with van der Waals surface area (Å²) in [6, 6.07) is 9.46. The van der Waals surface area contributed by atoms with Crippen LogP contribution in [0.4, 0.5) is 17.2 Å². The molecule has 0 aliphatic carbocycles. The minimum atomic E-state index is 0.596. The third-order valence-corrected chi connectivity index (χ3v) is 2.64. The molecule has 0 fully saturated rings. The third kappa shape index (κ3) is 2.87. The number of nitrogens with one attached hydrogen (secondary N) is 2. The Kier molecular flexibility index (Phi) is 3.46. The Morgan fingerprint density at radius 1 is 1.24 bits per heavy atom. The van der Waals surface area contributed by atoms with Crippen LogP contribution in [0.15, 0.2) is 36.5 Å². The molecule has 4 nitrogen and oxygen atoms in total. The highest BCUT2D eigenvalue weighted by Gasteiger charge is 2.02. The zero-order valence-electron chi connectivity index (χ0n) is 9.37. The fraction of sp³-hybridized carbons (Fsp3) is 0.0833. The monoisotopic (exact) mass is 248 g/mol. The van der Waals surface area contributed by atoms with E-state index in [4.69, 9.17) is 17.4 Å². The fourth-order valence-corrected chi connectivity index (χ4v) is 1.64. The van der Waals surface area contributed by atoms with Crippen molar-refractivity contribution < 1.29 is 0 Å². The number of aromatic nitrogens is 1. The van der Waals surface area contributed by atoms with Gasteiger partial charge >= 0.3 is 0 Å². The zero-order valence-corrected chi connectivity index (χ0v) is 10.1. The summed E-state index contributed by atoms with van der Waals surface area (Å²) >= 11 is 6.10. The predicted octanol–water partition coefficient (Wildman–Crippen LogP) is 3.07. The molecule has 0 unspecified atom stereocenters. The molecule has 0 saturated heterocycles. The minimum Gasteiger partial charge on any atom is -0.354 e. The molecule has 0 aliphatic heterocycles. The van der Waals surface area contributed by atoms with Crippen molar-refractivity contribution in [2.45, 2.75) is 6.92 Å². The molecule has 0 atom stereocenters. The standard InChI is InChI=1S/C12H13ClN4/c1-8-2-3-10(13)11(6-8)16-9-4-5-15-12(7-9)17-14/h2-7H,14H2,1H3,(H2,15,16,17). The van der Waals surface area contributed by atoms with Crippen LogP contribution in [0.5, 0.6) is 0 Å². The highest BCUT2D eigenvalue weighted by atomic mass is 35.5. The number of benzene rings is 1. The van der Waals surface area contributed by atoms with Crippen molar-refractivity contribution >= 4 is 28.8 Å². The van der Waals surface area contributed by atoms with Crippen LogP contribution in [0.1, 0.15) is 5.56 Å². The van der Waals surface area contributed by atoms with Gasteiger partial charge in [0.2, 0.25) is 0 Å². The van der Waals surface area contributed by atoms with Gasteiger partial charge in [-0.25, -0.2) is 10.8 Å². The molecule has 2 aromatic rings. The summed E-state index contributed by atoms with van der Waals surface area (Å²) in [5, 5.41) is 3.90. The van der Waals surface area contributed by atoms with Crippen LogP contribution in [0.25, 0.3) is 0 Å². The van der Waals surface area contributed by atoms with Gasteiger partial charge in [0.25, 0.3) is 0 Å². The summed E-state index contributed by atoms with van der Waals surface area (Å²) in [6.07, 6.45) is 1.67. The Balaban J connectivity index is 2.27. The van der Waals surface area contributed by atoms with Gasteiger partial charge in [0.05, 0.1) is 10.7 Å². The van der Waals surface area contributed by atoms with E-state index in [1.54, 1.807) is 12.3 Å². The van der Waals surface area contributed by atoms with Gasteiger partial charge in [-0.3, -0.25) is 0 Å². The summed E-state index contributed by atoms with van der Waals surface area (Å²) in [6.45, 7) is 2.01. The predicted molar refractivity (Wildman–Crippen MR) is 71.5 cm³/mol. The van der Waals surface area contributed by atoms with Crippen LogP contribution >= 0.6 is 11.6 Å². The second-order valence-corrected chi connectivity index (χ2v) is 4.09. The topological polar surface area (TPSA) is 63.0 Å². The Hall–Kier alpha value is -1.78. The first-order valence-electron chi connectivity index (χ1n) is 5.15. The van der Waals surface area contributed by atoms with E-state index >= 15 is 0 Å². The van der Waals surface area contributed by atoms with Gasteiger partial charge in [0.15, 0.2) is 0 Å². The van der Waals surface area contributed by atoms with Gasteiger partial charge in [0.1, 0.15) is 5.82 Å². The minimum absolute atomic E-state index is 0.596. The first-order valence-corrected chi connectivity index (χ1v) is 5.52. The van der Waals surface area contributed by atoms with Gasteiger partial charge in [-0.2, -0.15) is 0 Å². The quantitative estimate of drug-likeness (QED) is 0.577. The molecular formula is C12H13ClN4. The Morgan fingerprint density at radius 3 is 2.82 bits per heavy atom. The molecule has 88 valence electrons. The number of aryl methyl sites for hydroxylation is 1. The number of anilines is 3. The number of hydrogen-bond acceptors (Lipinski definition) is 4. The number of nitrogens with two attached hydrogens (primary N) is 1. The SMILES string of the molecule is Cc1ccc(Cl)c(Nc2ccnc(NN)c2)c1. The van der Waals surface area contributed by atoms with Crippen molar-refractivity contribution in [2.75, 3.05) is 10.7 Å². The van der Waals surface area contributed by atoms with Gasteiger partial charge in [-0.05, 0) is 30.7 Å². The van der Waals surface area contributed by atoms with E-state index in [0.717, 1.165) is 16.9 Å². The van der Waals surface area contributed by atoms with Gasteiger partial charge in [-0.15, -0.1) is 0 Å². The first-order chi connectivity index (χ1) is 8.19. The second-order valence-electron chi connectivity index (χ2n) is 3.68. The van der Waals surface area contributed by atoms with Crippen molar-refractivity contribution in [3.05, 3.63) is 47.1 Å². The molecular weight excluding hydrogens is 236 g/mol. The Labute approximate surface area is 105 Å². The summed E-state index contributed by atoms with van der Waals surface area (Å²) in [5.74, 6) is 5.90. The second kappa shape index (κ2) is 5.03. The molecule has 5 heteroatoms. The maximum Gasteiger partial charge on any atom is 0.141 e. The van der Waals surface area contributed by atoms with E-state index in [9.17, 15) is 0 Å². The lowest BCUT2D eigenvalue weighted by Gasteiger charge is -2.10. The fourth-order valence-electron chi connectivity index (χ4n) is 1.48. The van der Waals surface area contributed by atoms with E-state index in [1.807, 2.05) is 31.2 Å². The zero-order chi connectivity index (χ0) is 12.3. The summed E-state index contributed by atoms with van der Waals surface area (Å²) in [4.78, 5) is 4.03. The maximum atomic E-state index is 6.10. The molecule has 4 N–H and O–H groups in total. The van der Waals surface area contributed by atoms with E-state index < -0.39 is 0 Å². The van der Waals surface area contributed by atoms with Crippen LogP contribution in [0.3, 0.4) is 0 Å². The molecule has 0 spiro atoms. The van der Waals surface area contributed by atoms with Gasteiger partial charge in [0, 0.05) is 18.0 Å². The van der Waals surface area contributed by atoms with Crippen LogP contribution in [-0.4, -0.2) is 4.98 Å². The highest BCUT2D eigenvalue weighted by Crippen LogP contribution is 2.26. The lowest BCUT2D eigenvalue weighted by Crippen LogP contribution is -2.08. The van der Waals surface area contributed by atoms with Crippen LogP contribution in [0, 0.1) is 6.92 Å². The first kappa shape index (κ1) is 11.7. The largest absolute Gasteiger partial charge is 0.354 e. The average molecular weight is 249 g/mol. The number of hydrazine groups is 1. The number of pyridine rings is 1. The average Bonchev–Trinajstić information content (AvgIpc) is 2.34. The number of hydrogen-bond donors (Lipinski definition) is 3. The Bertz CT molecular complexity index is 528. The molecule has 1 aromatic carbocycles. The highest BCUT2D eigenvalue weighted by molar-refractivity contribution is 6.33. The van der Waals surface area contributed by atoms with E-state index in [0.29, 0.717) is 10.8 Å². The molecule has 0 bridgehead atoms. The van der Waals surface area contributed by atoms with E-state index in [1.165, 1.54) is 0 Å². The summed E-state index contributed by atoms with van der Waals surface area (Å²) in [5.41, 5.74) is 5.37. The van der Waals surface area contributed by atoms with E-state index in [-0.39, 0.29) is 0 Å². The van der Waals surface area contributed by atoms with Crippen molar-refractivity contribution in [3.8, 4) is 0 Å². The van der Waals surface area contributed by atoms with Gasteiger partial charge < -0.3 is 10.7 Å².